The van der Waals surface area contributed by atoms with Crippen LogP contribution in [0.2, 0.25) is 0 Å². The Kier molecular flexibility index (Phi) is 6.75. The lowest BCUT2D eigenvalue weighted by atomic mass is 9.82. The topological polar surface area (TPSA) is 66.4 Å². The van der Waals surface area contributed by atoms with Crippen molar-refractivity contribution in [3.8, 4) is 0 Å². The summed E-state index contributed by atoms with van der Waals surface area (Å²) in [5.74, 6) is -0.914. The van der Waals surface area contributed by atoms with Gasteiger partial charge in [-0.05, 0) is 23.0 Å². The van der Waals surface area contributed by atoms with Gasteiger partial charge in [0, 0.05) is 6.54 Å². The van der Waals surface area contributed by atoms with Crippen LogP contribution in [0.1, 0.15) is 38.3 Å². The molecule has 0 aromatic heterocycles. The van der Waals surface area contributed by atoms with Gasteiger partial charge in [0.2, 0.25) is 5.91 Å². The van der Waals surface area contributed by atoms with E-state index in [4.69, 9.17) is 5.11 Å². The molecule has 0 spiro atoms. The van der Waals surface area contributed by atoms with E-state index in [9.17, 15) is 9.59 Å². The van der Waals surface area contributed by atoms with Gasteiger partial charge in [0.25, 0.3) is 0 Å². The van der Waals surface area contributed by atoms with Crippen LogP contribution in [-0.2, 0) is 21.5 Å². The lowest BCUT2D eigenvalue weighted by molar-refractivity contribution is -0.133. The highest BCUT2D eigenvalue weighted by molar-refractivity contribution is 8.00. The smallest absolute Gasteiger partial charge is 0.313 e. The fraction of sp³-hybridized carbons (Fsp3) is 0.500. The number of amides is 1. The summed E-state index contributed by atoms with van der Waals surface area (Å²) in [6, 6.07) is 8.25. The first kappa shape index (κ1) is 17.6. The molecule has 21 heavy (non-hydrogen) atoms. The molecule has 1 aromatic rings. The van der Waals surface area contributed by atoms with Crippen molar-refractivity contribution in [1.29, 1.82) is 0 Å². The van der Waals surface area contributed by atoms with Crippen molar-refractivity contribution in [3.05, 3.63) is 35.4 Å². The summed E-state index contributed by atoms with van der Waals surface area (Å²) >= 11 is 1.10. The maximum absolute atomic E-state index is 11.5. The summed E-state index contributed by atoms with van der Waals surface area (Å²) < 4.78 is 0. The Morgan fingerprint density at radius 1 is 1.19 bits per heavy atom. The van der Waals surface area contributed by atoms with Crippen LogP contribution in [0.5, 0.6) is 0 Å². The van der Waals surface area contributed by atoms with Crippen LogP contribution < -0.4 is 5.32 Å². The Bertz CT molecular complexity index is 483. The number of carbonyl (C=O) groups excluding carboxylic acids is 1. The highest BCUT2D eigenvalue weighted by atomic mass is 32.2. The van der Waals surface area contributed by atoms with Crippen LogP contribution in [0.3, 0.4) is 0 Å². The molecule has 0 radical (unpaired) electrons. The summed E-state index contributed by atoms with van der Waals surface area (Å²) in [4.78, 5) is 21.9. The Morgan fingerprint density at radius 2 is 1.81 bits per heavy atom. The van der Waals surface area contributed by atoms with Gasteiger partial charge in [0.1, 0.15) is 0 Å². The van der Waals surface area contributed by atoms with Gasteiger partial charge in [-0.15, -0.1) is 11.8 Å². The molecule has 0 heterocycles. The number of carboxylic acids is 1. The summed E-state index contributed by atoms with van der Waals surface area (Å²) in [6.45, 7) is 7.06. The second-order valence-electron chi connectivity index (χ2n) is 5.60. The van der Waals surface area contributed by atoms with Crippen molar-refractivity contribution in [2.45, 2.75) is 39.2 Å². The van der Waals surface area contributed by atoms with Crippen molar-refractivity contribution < 1.29 is 14.7 Å². The van der Waals surface area contributed by atoms with Crippen LogP contribution in [0.25, 0.3) is 0 Å². The van der Waals surface area contributed by atoms with E-state index >= 15 is 0 Å². The van der Waals surface area contributed by atoms with Crippen LogP contribution in [0.4, 0.5) is 0 Å². The normalized spacial score (nSPS) is 11.2. The average Bonchev–Trinajstić information content (AvgIpc) is 2.45. The van der Waals surface area contributed by atoms with Gasteiger partial charge in [-0.1, -0.05) is 45.0 Å². The third-order valence-corrected chi connectivity index (χ3v) is 4.49. The molecule has 0 saturated heterocycles. The quantitative estimate of drug-likeness (QED) is 0.775. The highest BCUT2D eigenvalue weighted by Gasteiger charge is 2.17. The number of carboxylic acid groups (broad SMARTS) is 1. The molecule has 1 rings (SSSR count). The van der Waals surface area contributed by atoms with Crippen molar-refractivity contribution in [3.63, 3.8) is 0 Å². The number of hydrogen-bond acceptors (Lipinski definition) is 3. The highest BCUT2D eigenvalue weighted by Crippen LogP contribution is 2.26. The lowest BCUT2D eigenvalue weighted by Crippen LogP contribution is -2.25. The van der Waals surface area contributed by atoms with Gasteiger partial charge in [0.15, 0.2) is 0 Å². The number of benzene rings is 1. The number of hydrogen-bond donors (Lipinski definition) is 2. The predicted molar refractivity (Wildman–Crippen MR) is 86.6 cm³/mol. The largest absolute Gasteiger partial charge is 0.481 e. The second kappa shape index (κ2) is 8.08. The second-order valence-corrected chi connectivity index (χ2v) is 6.58. The van der Waals surface area contributed by atoms with E-state index in [1.807, 2.05) is 12.1 Å². The molecule has 1 amide bonds. The third kappa shape index (κ3) is 6.21. The Hall–Kier alpha value is -1.49. The molecule has 0 unspecified atom stereocenters. The molecular weight excluding hydrogens is 286 g/mol. The molecule has 2 N–H and O–H groups in total. The van der Waals surface area contributed by atoms with Gasteiger partial charge >= 0.3 is 5.97 Å². The van der Waals surface area contributed by atoms with Crippen molar-refractivity contribution >= 4 is 23.6 Å². The standard InChI is InChI=1S/C16H23NO3S/c1-4-16(2,3)13-7-5-12(6-8-13)9-17-14(18)10-21-11-15(19)20/h5-8H,4,9-11H2,1-3H3,(H,17,18)(H,19,20). The van der Waals surface area contributed by atoms with E-state index in [0.29, 0.717) is 6.54 Å². The van der Waals surface area contributed by atoms with E-state index in [1.54, 1.807) is 0 Å². The molecule has 0 aliphatic carbocycles. The zero-order valence-corrected chi connectivity index (χ0v) is 13.6. The Labute approximate surface area is 130 Å². The zero-order valence-electron chi connectivity index (χ0n) is 12.8. The molecule has 0 bridgehead atoms. The fourth-order valence-electron chi connectivity index (χ4n) is 1.76. The number of rotatable bonds is 8. The van der Waals surface area contributed by atoms with Gasteiger partial charge in [-0.2, -0.15) is 0 Å². The molecule has 116 valence electrons. The van der Waals surface area contributed by atoms with E-state index in [1.165, 1.54) is 5.56 Å². The third-order valence-electron chi connectivity index (χ3n) is 3.57. The summed E-state index contributed by atoms with van der Waals surface area (Å²) in [5, 5.41) is 11.3. The average molecular weight is 309 g/mol. The number of thioether (sulfide) groups is 1. The van der Waals surface area contributed by atoms with Crippen molar-refractivity contribution in [1.82, 2.24) is 5.32 Å². The van der Waals surface area contributed by atoms with Crippen molar-refractivity contribution in [2.75, 3.05) is 11.5 Å². The first-order valence-electron chi connectivity index (χ1n) is 7.01. The molecule has 0 aliphatic rings. The number of carbonyl (C=O) groups is 2. The zero-order chi connectivity index (χ0) is 15.9. The predicted octanol–water partition coefficient (Wildman–Crippen LogP) is 2.81. The van der Waals surface area contributed by atoms with E-state index in [2.05, 4.69) is 38.2 Å². The molecule has 0 saturated carbocycles. The minimum absolute atomic E-state index is 0.0474. The van der Waals surface area contributed by atoms with E-state index < -0.39 is 5.97 Å². The molecule has 0 fully saturated rings. The van der Waals surface area contributed by atoms with E-state index in [0.717, 1.165) is 23.7 Å². The van der Waals surface area contributed by atoms with Gasteiger partial charge in [0.05, 0.1) is 11.5 Å². The lowest BCUT2D eigenvalue weighted by Gasteiger charge is -2.23. The fourth-order valence-corrected chi connectivity index (χ4v) is 2.32. The SMILES string of the molecule is CCC(C)(C)c1ccc(CNC(=O)CSCC(=O)O)cc1. The maximum atomic E-state index is 11.5. The minimum atomic E-state index is -0.901. The summed E-state index contributed by atoms with van der Waals surface area (Å²) in [7, 11) is 0. The van der Waals surface area contributed by atoms with Crippen molar-refractivity contribution in [2.24, 2.45) is 0 Å². The molecule has 5 heteroatoms. The number of aliphatic carboxylic acids is 1. The van der Waals surface area contributed by atoms with Crippen LogP contribution in [0, 0.1) is 0 Å². The maximum Gasteiger partial charge on any atom is 0.313 e. The van der Waals surface area contributed by atoms with Crippen LogP contribution in [0.15, 0.2) is 24.3 Å². The number of nitrogens with one attached hydrogen (secondary N) is 1. The van der Waals surface area contributed by atoms with Gasteiger partial charge < -0.3 is 10.4 Å². The van der Waals surface area contributed by atoms with E-state index in [-0.39, 0.29) is 22.8 Å². The minimum Gasteiger partial charge on any atom is -0.481 e. The first-order chi connectivity index (χ1) is 9.85. The summed E-state index contributed by atoms with van der Waals surface area (Å²) in [5.41, 5.74) is 2.49. The Morgan fingerprint density at radius 3 is 2.33 bits per heavy atom. The summed E-state index contributed by atoms with van der Waals surface area (Å²) in [6.07, 6.45) is 1.07. The monoisotopic (exact) mass is 309 g/mol. The molecule has 1 aromatic carbocycles. The molecular formula is C16H23NO3S. The van der Waals surface area contributed by atoms with Gasteiger partial charge in [-0.25, -0.2) is 0 Å². The first-order valence-corrected chi connectivity index (χ1v) is 8.16. The molecule has 0 atom stereocenters. The Balaban J connectivity index is 2.42. The van der Waals surface area contributed by atoms with Gasteiger partial charge in [-0.3, -0.25) is 9.59 Å². The molecule has 0 aliphatic heterocycles. The van der Waals surface area contributed by atoms with Crippen LogP contribution in [-0.4, -0.2) is 28.5 Å². The van der Waals surface area contributed by atoms with Crippen LogP contribution >= 0.6 is 11.8 Å². The molecule has 4 nitrogen and oxygen atoms in total.